The predicted octanol–water partition coefficient (Wildman–Crippen LogP) is 3.12. The predicted molar refractivity (Wildman–Crippen MR) is 104 cm³/mol. The van der Waals surface area contributed by atoms with Gasteiger partial charge in [0.25, 0.3) is 0 Å². The summed E-state index contributed by atoms with van der Waals surface area (Å²) in [6.07, 6.45) is 2.68. The molecule has 0 bridgehead atoms. The Balaban J connectivity index is 1.43. The SMILES string of the molecule is O=c1ccc2cc(S(=O)(=O)NCCCn3ccc4ccccc43)ccc2o1. The number of nitrogens with one attached hydrogen (secondary N) is 1. The second-order valence-corrected chi connectivity index (χ2v) is 8.04. The van der Waals surface area contributed by atoms with Gasteiger partial charge in [0.2, 0.25) is 10.0 Å². The quantitative estimate of drug-likeness (QED) is 0.410. The summed E-state index contributed by atoms with van der Waals surface area (Å²) in [4.78, 5) is 11.4. The van der Waals surface area contributed by atoms with E-state index in [1.165, 1.54) is 29.7 Å². The van der Waals surface area contributed by atoms with Crippen molar-refractivity contribution >= 4 is 31.9 Å². The van der Waals surface area contributed by atoms with Crippen LogP contribution >= 0.6 is 0 Å². The van der Waals surface area contributed by atoms with Gasteiger partial charge < -0.3 is 8.98 Å². The Morgan fingerprint density at radius 1 is 0.963 bits per heavy atom. The monoisotopic (exact) mass is 382 g/mol. The minimum atomic E-state index is -3.62. The number of hydrogen-bond donors (Lipinski definition) is 1. The Kier molecular flexibility index (Phi) is 4.55. The van der Waals surface area contributed by atoms with Crippen molar-refractivity contribution in [3.8, 4) is 0 Å². The lowest BCUT2D eigenvalue weighted by Crippen LogP contribution is -2.25. The van der Waals surface area contributed by atoms with Crippen LogP contribution in [0.1, 0.15) is 6.42 Å². The molecule has 1 N–H and O–H groups in total. The van der Waals surface area contributed by atoms with Crippen molar-refractivity contribution in [3.05, 3.63) is 77.3 Å². The molecule has 0 unspecified atom stereocenters. The third kappa shape index (κ3) is 3.65. The van der Waals surface area contributed by atoms with E-state index in [4.69, 9.17) is 4.42 Å². The molecule has 4 aromatic rings. The van der Waals surface area contributed by atoms with Crippen LogP contribution in [0.25, 0.3) is 21.9 Å². The molecule has 2 aromatic carbocycles. The second kappa shape index (κ2) is 7.02. The van der Waals surface area contributed by atoms with E-state index in [1.54, 1.807) is 6.07 Å². The fourth-order valence-electron chi connectivity index (χ4n) is 3.09. The molecule has 2 aromatic heterocycles. The summed E-state index contributed by atoms with van der Waals surface area (Å²) >= 11 is 0. The van der Waals surface area contributed by atoms with Crippen LogP contribution in [0.2, 0.25) is 0 Å². The summed E-state index contributed by atoms with van der Waals surface area (Å²) in [5.74, 6) is 0. The molecule has 0 atom stereocenters. The number of aryl methyl sites for hydroxylation is 1. The van der Waals surface area contributed by atoms with Crippen LogP contribution < -0.4 is 10.3 Å². The molecule has 27 heavy (non-hydrogen) atoms. The molecule has 0 amide bonds. The van der Waals surface area contributed by atoms with Crippen LogP contribution in [0.5, 0.6) is 0 Å². The van der Waals surface area contributed by atoms with Crippen LogP contribution in [0.3, 0.4) is 0 Å². The van der Waals surface area contributed by atoms with Gasteiger partial charge in [0.1, 0.15) is 5.58 Å². The van der Waals surface area contributed by atoms with E-state index < -0.39 is 15.6 Å². The first-order valence-corrected chi connectivity index (χ1v) is 10.1. The van der Waals surface area contributed by atoms with Gasteiger partial charge in [-0.05, 0) is 48.2 Å². The maximum atomic E-state index is 12.5. The lowest BCUT2D eigenvalue weighted by atomic mass is 10.2. The molecule has 0 radical (unpaired) electrons. The fourth-order valence-corrected chi connectivity index (χ4v) is 4.20. The number of hydrogen-bond acceptors (Lipinski definition) is 4. The summed E-state index contributed by atoms with van der Waals surface area (Å²) in [5, 5.41) is 1.73. The van der Waals surface area contributed by atoms with E-state index in [0.717, 1.165) is 12.1 Å². The smallest absolute Gasteiger partial charge is 0.336 e. The van der Waals surface area contributed by atoms with Gasteiger partial charge in [0, 0.05) is 36.3 Å². The number of fused-ring (bicyclic) bond motifs is 2. The number of rotatable bonds is 6. The van der Waals surface area contributed by atoms with Gasteiger partial charge >= 0.3 is 5.63 Å². The highest BCUT2D eigenvalue weighted by molar-refractivity contribution is 7.89. The first-order valence-electron chi connectivity index (χ1n) is 8.60. The molecule has 6 nitrogen and oxygen atoms in total. The number of aromatic nitrogens is 1. The summed E-state index contributed by atoms with van der Waals surface area (Å²) in [5.41, 5.74) is 1.03. The van der Waals surface area contributed by atoms with Gasteiger partial charge in [0.05, 0.1) is 4.90 Å². The van der Waals surface area contributed by atoms with E-state index in [-0.39, 0.29) is 4.90 Å². The van der Waals surface area contributed by atoms with Crippen molar-refractivity contribution in [2.45, 2.75) is 17.9 Å². The van der Waals surface area contributed by atoms with E-state index >= 15 is 0 Å². The lowest BCUT2D eigenvalue weighted by molar-refractivity contribution is 0.560. The van der Waals surface area contributed by atoms with E-state index in [1.807, 2.05) is 30.5 Å². The molecule has 138 valence electrons. The van der Waals surface area contributed by atoms with Crippen LogP contribution in [0.15, 0.2) is 81.0 Å². The van der Waals surface area contributed by atoms with Crippen LogP contribution in [0.4, 0.5) is 0 Å². The minimum absolute atomic E-state index is 0.148. The Morgan fingerprint density at radius 2 is 1.81 bits per heavy atom. The van der Waals surface area contributed by atoms with Crippen molar-refractivity contribution in [1.29, 1.82) is 0 Å². The van der Waals surface area contributed by atoms with Crippen molar-refractivity contribution < 1.29 is 12.8 Å². The number of para-hydroxylation sites is 1. The maximum absolute atomic E-state index is 12.5. The molecule has 0 fully saturated rings. The number of sulfonamides is 1. The standard InChI is InChI=1S/C20H18N2O4S/c23-20-9-6-16-14-17(7-8-19(16)26-20)27(24,25)21-11-3-12-22-13-10-15-4-1-2-5-18(15)22/h1-2,4-10,13-14,21H,3,11-12H2. The molecule has 0 saturated carbocycles. The van der Waals surface area contributed by atoms with Crippen molar-refractivity contribution in [3.63, 3.8) is 0 Å². The van der Waals surface area contributed by atoms with Gasteiger partial charge in [-0.2, -0.15) is 0 Å². The van der Waals surface area contributed by atoms with Gasteiger partial charge in [-0.15, -0.1) is 0 Å². The van der Waals surface area contributed by atoms with Crippen LogP contribution in [0, 0.1) is 0 Å². The van der Waals surface area contributed by atoms with Gasteiger partial charge in [0.15, 0.2) is 0 Å². The molecule has 0 spiro atoms. The normalized spacial score (nSPS) is 12.0. The molecule has 7 heteroatoms. The summed E-state index contributed by atoms with van der Waals surface area (Å²) in [6.45, 7) is 1.05. The molecule has 4 rings (SSSR count). The molecule has 2 heterocycles. The molecule has 0 aliphatic heterocycles. The Bertz CT molecular complexity index is 1270. The van der Waals surface area contributed by atoms with Crippen LogP contribution in [-0.2, 0) is 16.6 Å². The van der Waals surface area contributed by atoms with Gasteiger partial charge in [-0.1, -0.05) is 18.2 Å². The lowest BCUT2D eigenvalue weighted by Gasteiger charge is -2.09. The minimum Gasteiger partial charge on any atom is -0.423 e. The summed E-state index contributed by atoms with van der Waals surface area (Å²) < 4.78 is 34.8. The first-order chi connectivity index (χ1) is 13.0. The van der Waals surface area contributed by atoms with E-state index in [0.29, 0.717) is 23.9 Å². The molecular weight excluding hydrogens is 364 g/mol. The van der Waals surface area contributed by atoms with Crippen molar-refractivity contribution in [2.24, 2.45) is 0 Å². The third-order valence-electron chi connectivity index (χ3n) is 4.45. The zero-order valence-electron chi connectivity index (χ0n) is 14.5. The number of nitrogens with zero attached hydrogens (tertiary/aromatic N) is 1. The zero-order valence-corrected chi connectivity index (χ0v) is 15.3. The average molecular weight is 382 g/mol. The highest BCUT2D eigenvalue weighted by Crippen LogP contribution is 2.18. The van der Waals surface area contributed by atoms with Gasteiger partial charge in [-0.25, -0.2) is 17.9 Å². The molecule has 0 saturated heterocycles. The average Bonchev–Trinajstić information content (AvgIpc) is 3.08. The van der Waals surface area contributed by atoms with E-state index in [2.05, 4.69) is 15.4 Å². The number of benzene rings is 2. The Morgan fingerprint density at radius 3 is 2.70 bits per heavy atom. The highest BCUT2D eigenvalue weighted by atomic mass is 32.2. The molecule has 0 aliphatic rings. The first kappa shape index (κ1) is 17.5. The summed E-state index contributed by atoms with van der Waals surface area (Å²) in [7, 11) is -3.62. The maximum Gasteiger partial charge on any atom is 0.336 e. The summed E-state index contributed by atoms with van der Waals surface area (Å²) in [6, 6.07) is 17.4. The fraction of sp³-hybridized carbons (Fsp3) is 0.150. The molecule has 0 aliphatic carbocycles. The largest absolute Gasteiger partial charge is 0.423 e. The van der Waals surface area contributed by atoms with Crippen molar-refractivity contribution in [2.75, 3.05) is 6.54 Å². The second-order valence-electron chi connectivity index (χ2n) is 6.27. The Hall–Kier alpha value is -2.90. The highest BCUT2D eigenvalue weighted by Gasteiger charge is 2.14. The van der Waals surface area contributed by atoms with E-state index in [9.17, 15) is 13.2 Å². The third-order valence-corrected chi connectivity index (χ3v) is 5.91. The van der Waals surface area contributed by atoms with Crippen molar-refractivity contribution in [1.82, 2.24) is 9.29 Å². The Labute approximate surface area is 156 Å². The zero-order chi connectivity index (χ0) is 18.9. The molecular formula is C20H18N2O4S. The van der Waals surface area contributed by atoms with Gasteiger partial charge in [-0.3, -0.25) is 0 Å². The van der Waals surface area contributed by atoms with Crippen LogP contribution in [-0.4, -0.2) is 19.5 Å². The topological polar surface area (TPSA) is 81.3 Å².